The first-order valence-corrected chi connectivity index (χ1v) is 9.89. The zero-order chi connectivity index (χ0) is 20.5. The van der Waals surface area contributed by atoms with Crippen LogP contribution in [0, 0.1) is 0 Å². The Bertz CT molecular complexity index is 687. The maximum atomic E-state index is 12.6. The maximum Gasteiger partial charge on any atom is 0.409 e. The molecule has 0 saturated carbocycles. The van der Waals surface area contributed by atoms with Crippen molar-refractivity contribution in [1.82, 2.24) is 20.1 Å². The van der Waals surface area contributed by atoms with E-state index in [0.29, 0.717) is 50.2 Å². The molecule has 1 N–H and O–H groups in total. The standard InChI is InChI=1S/C20H30N4O4/c1-4-6-9-23(3)19(26)16-12-15(13-21-14-16)18(25)22-17-7-10-24(11-8-17)20(27)28-5-2/h12-14,17H,4-11H2,1-3H3,(H,22,25). The molecule has 8 heteroatoms. The Morgan fingerprint density at radius 2 is 1.89 bits per heavy atom. The highest BCUT2D eigenvalue weighted by atomic mass is 16.6. The molecular weight excluding hydrogens is 360 g/mol. The molecule has 154 valence electrons. The number of ether oxygens (including phenoxy) is 1. The van der Waals surface area contributed by atoms with E-state index >= 15 is 0 Å². The molecule has 0 bridgehead atoms. The van der Waals surface area contributed by atoms with Gasteiger partial charge in [0.1, 0.15) is 0 Å². The molecule has 0 radical (unpaired) electrons. The van der Waals surface area contributed by atoms with Crippen molar-refractivity contribution in [2.24, 2.45) is 0 Å². The predicted octanol–water partition coefficient (Wildman–Crippen LogP) is 2.30. The van der Waals surface area contributed by atoms with Crippen LogP contribution in [-0.2, 0) is 4.74 Å². The van der Waals surface area contributed by atoms with Gasteiger partial charge in [0.05, 0.1) is 17.7 Å². The van der Waals surface area contributed by atoms with Crippen molar-refractivity contribution in [3.63, 3.8) is 0 Å². The van der Waals surface area contributed by atoms with E-state index in [1.165, 1.54) is 12.4 Å². The average molecular weight is 390 g/mol. The van der Waals surface area contributed by atoms with Gasteiger partial charge in [-0.2, -0.15) is 0 Å². The minimum Gasteiger partial charge on any atom is -0.450 e. The number of likely N-dealkylation sites (tertiary alicyclic amines) is 1. The summed E-state index contributed by atoms with van der Waals surface area (Å²) in [6, 6.07) is 1.56. The van der Waals surface area contributed by atoms with E-state index in [9.17, 15) is 14.4 Å². The first kappa shape index (κ1) is 21.7. The van der Waals surface area contributed by atoms with E-state index in [1.54, 1.807) is 29.8 Å². The van der Waals surface area contributed by atoms with Gasteiger partial charge < -0.3 is 19.9 Å². The number of nitrogens with one attached hydrogen (secondary N) is 1. The van der Waals surface area contributed by atoms with E-state index < -0.39 is 0 Å². The van der Waals surface area contributed by atoms with Gasteiger partial charge in [0.15, 0.2) is 0 Å². The van der Waals surface area contributed by atoms with Gasteiger partial charge in [0.25, 0.3) is 11.8 Å². The van der Waals surface area contributed by atoms with Crippen LogP contribution in [-0.4, -0.2) is 72.0 Å². The Hall–Kier alpha value is -2.64. The average Bonchev–Trinajstić information content (AvgIpc) is 2.72. The maximum absolute atomic E-state index is 12.6. The Morgan fingerprint density at radius 3 is 2.54 bits per heavy atom. The summed E-state index contributed by atoms with van der Waals surface area (Å²) < 4.78 is 5.00. The second kappa shape index (κ2) is 10.6. The summed E-state index contributed by atoms with van der Waals surface area (Å²) in [6.07, 6.45) is 5.90. The van der Waals surface area contributed by atoms with Crippen LogP contribution in [0.25, 0.3) is 0 Å². The predicted molar refractivity (Wildman–Crippen MR) is 105 cm³/mol. The van der Waals surface area contributed by atoms with Gasteiger partial charge in [-0.3, -0.25) is 14.6 Å². The molecule has 3 amide bonds. The van der Waals surface area contributed by atoms with E-state index in [-0.39, 0.29) is 23.9 Å². The summed E-state index contributed by atoms with van der Waals surface area (Å²) in [5.41, 5.74) is 0.769. The molecule has 1 fully saturated rings. The minimum atomic E-state index is -0.310. The Morgan fingerprint density at radius 1 is 1.21 bits per heavy atom. The van der Waals surface area contributed by atoms with Crippen LogP contribution in [0.3, 0.4) is 0 Å². The van der Waals surface area contributed by atoms with Crippen molar-refractivity contribution in [1.29, 1.82) is 0 Å². The molecule has 2 rings (SSSR count). The van der Waals surface area contributed by atoms with Gasteiger partial charge >= 0.3 is 6.09 Å². The number of amides is 3. The fraction of sp³-hybridized carbons (Fsp3) is 0.600. The number of hydrogen-bond donors (Lipinski definition) is 1. The number of unbranched alkanes of at least 4 members (excludes halogenated alkanes) is 1. The van der Waals surface area contributed by atoms with E-state index in [1.807, 2.05) is 0 Å². The molecule has 0 atom stereocenters. The second-order valence-electron chi connectivity index (χ2n) is 6.98. The van der Waals surface area contributed by atoms with Crippen molar-refractivity contribution in [2.75, 3.05) is 33.3 Å². The highest BCUT2D eigenvalue weighted by Crippen LogP contribution is 2.13. The lowest BCUT2D eigenvalue weighted by atomic mass is 10.0. The van der Waals surface area contributed by atoms with E-state index in [2.05, 4.69) is 17.2 Å². The third-order valence-electron chi connectivity index (χ3n) is 4.80. The Balaban J connectivity index is 1.91. The van der Waals surface area contributed by atoms with Gasteiger partial charge in [-0.05, 0) is 32.3 Å². The third kappa shape index (κ3) is 5.94. The lowest BCUT2D eigenvalue weighted by Gasteiger charge is -2.31. The van der Waals surface area contributed by atoms with Crippen molar-refractivity contribution < 1.29 is 19.1 Å². The minimum absolute atomic E-state index is 0.0234. The number of nitrogens with zero attached hydrogens (tertiary/aromatic N) is 3. The molecule has 2 heterocycles. The Labute approximate surface area is 166 Å². The fourth-order valence-electron chi connectivity index (χ4n) is 3.09. The third-order valence-corrected chi connectivity index (χ3v) is 4.80. The highest BCUT2D eigenvalue weighted by Gasteiger charge is 2.25. The molecule has 1 aromatic heterocycles. The largest absolute Gasteiger partial charge is 0.450 e. The lowest BCUT2D eigenvalue weighted by molar-refractivity contribution is 0.0792. The summed E-state index contributed by atoms with van der Waals surface area (Å²) in [5.74, 6) is -0.397. The molecule has 1 aromatic rings. The van der Waals surface area contributed by atoms with Crippen molar-refractivity contribution in [3.8, 4) is 0 Å². The van der Waals surface area contributed by atoms with Crippen LogP contribution < -0.4 is 5.32 Å². The van der Waals surface area contributed by atoms with Gasteiger partial charge in [-0.1, -0.05) is 13.3 Å². The normalized spacial score (nSPS) is 14.5. The molecule has 1 aliphatic heterocycles. The number of aromatic nitrogens is 1. The number of pyridine rings is 1. The van der Waals surface area contributed by atoms with Crippen LogP contribution in [0.1, 0.15) is 60.2 Å². The summed E-state index contributed by atoms with van der Waals surface area (Å²) in [5, 5.41) is 2.97. The van der Waals surface area contributed by atoms with Crippen LogP contribution in [0.4, 0.5) is 4.79 Å². The first-order chi connectivity index (χ1) is 13.5. The quantitative estimate of drug-likeness (QED) is 0.771. The van der Waals surface area contributed by atoms with Gasteiger partial charge in [-0.15, -0.1) is 0 Å². The highest BCUT2D eigenvalue weighted by molar-refractivity contribution is 5.99. The number of piperidine rings is 1. The van der Waals surface area contributed by atoms with E-state index in [4.69, 9.17) is 4.74 Å². The summed E-state index contributed by atoms with van der Waals surface area (Å²) >= 11 is 0. The smallest absolute Gasteiger partial charge is 0.409 e. The topological polar surface area (TPSA) is 91.8 Å². The molecule has 0 unspecified atom stereocenters. The fourth-order valence-corrected chi connectivity index (χ4v) is 3.09. The molecule has 0 aliphatic carbocycles. The zero-order valence-corrected chi connectivity index (χ0v) is 16.9. The molecule has 1 aliphatic rings. The van der Waals surface area contributed by atoms with Crippen LogP contribution >= 0.6 is 0 Å². The van der Waals surface area contributed by atoms with Crippen molar-refractivity contribution in [2.45, 2.75) is 45.6 Å². The number of carbonyl (C=O) groups excluding carboxylic acids is 3. The van der Waals surface area contributed by atoms with Crippen LogP contribution in [0.2, 0.25) is 0 Å². The second-order valence-corrected chi connectivity index (χ2v) is 6.98. The number of carbonyl (C=O) groups is 3. The van der Waals surface area contributed by atoms with Crippen molar-refractivity contribution >= 4 is 17.9 Å². The van der Waals surface area contributed by atoms with Gasteiger partial charge in [0.2, 0.25) is 0 Å². The van der Waals surface area contributed by atoms with Crippen LogP contribution in [0.5, 0.6) is 0 Å². The molecular formula is C20H30N4O4. The zero-order valence-electron chi connectivity index (χ0n) is 16.9. The molecule has 8 nitrogen and oxygen atoms in total. The van der Waals surface area contributed by atoms with E-state index in [0.717, 1.165) is 12.8 Å². The SMILES string of the molecule is CCCCN(C)C(=O)c1cncc(C(=O)NC2CCN(C(=O)OCC)CC2)c1. The van der Waals surface area contributed by atoms with Crippen LogP contribution in [0.15, 0.2) is 18.5 Å². The molecule has 0 aromatic carbocycles. The molecule has 1 saturated heterocycles. The number of rotatable bonds is 7. The summed E-state index contributed by atoms with van der Waals surface area (Å²) in [7, 11) is 1.75. The molecule has 28 heavy (non-hydrogen) atoms. The molecule has 0 spiro atoms. The summed E-state index contributed by atoms with van der Waals surface area (Å²) in [4.78, 5) is 44.1. The lowest BCUT2D eigenvalue weighted by Crippen LogP contribution is -2.46. The van der Waals surface area contributed by atoms with Gasteiger partial charge in [0, 0.05) is 45.1 Å². The van der Waals surface area contributed by atoms with Gasteiger partial charge in [-0.25, -0.2) is 4.79 Å². The Kier molecular flexibility index (Phi) is 8.22. The van der Waals surface area contributed by atoms with Crippen molar-refractivity contribution in [3.05, 3.63) is 29.6 Å². The summed E-state index contributed by atoms with van der Waals surface area (Å²) in [6.45, 7) is 5.96. The monoisotopic (exact) mass is 390 g/mol. The first-order valence-electron chi connectivity index (χ1n) is 9.89. The number of hydrogen-bond acceptors (Lipinski definition) is 5.